The van der Waals surface area contributed by atoms with Gasteiger partial charge in [-0.25, -0.2) is 0 Å². The molecule has 1 fully saturated rings. The zero-order valence-corrected chi connectivity index (χ0v) is 23.9. The fraction of sp³-hybridized carbons (Fsp3) is 0.286. The Balaban J connectivity index is 1.47. The number of carbonyl (C=O) groups is 1. The molecule has 5 nitrogen and oxygen atoms in total. The zero-order chi connectivity index (χ0) is 28.7. The molecule has 210 valence electrons. The molecular formula is C35H37BO5. The molecule has 0 bridgehead atoms. The molecule has 2 unspecified atom stereocenters. The Morgan fingerprint density at radius 1 is 0.707 bits per heavy atom. The van der Waals surface area contributed by atoms with Crippen molar-refractivity contribution in [3.05, 3.63) is 138 Å². The van der Waals surface area contributed by atoms with Crippen LogP contribution in [0.4, 0.5) is 0 Å². The molecule has 0 spiro atoms. The highest BCUT2D eigenvalue weighted by Crippen LogP contribution is 2.41. The van der Waals surface area contributed by atoms with Gasteiger partial charge in [0.25, 0.3) is 0 Å². The van der Waals surface area contributed by atoms with Crippen molar-refractivity contribution in [3.8, 4) is 0 Å². The Hall–Kier alpha value is -3.71. The number of hydrogen-bond acceptors (Lipinski definition) is 5. The van der Waals surface area contributed by atoms with Crippen LogP contribution in [0.5, 0.6) is 0 Å². The predicted octanol–water partition coefficient (Wildman–Crippen LogP) is 6.30. The molecule has 0 aromatic heterocycles. The smallest absolute Gasteiger partial charge is 0.460 e. The number of esters is 1. The number of rotatable bonds is 9. The second-order valence-electron chi connectivity index (χ2n) is 11.4. The lowest BCUT2D eigenvalue weighted by atomic mass is 9.76. The summed E-state index contributed by atoms with van der Waals surface area (Å²) in [7, 11) is -0.620. The van der Waals surface area contributed by atoms with E-state index in [1.165, 1.54) is 0 Å². The maximum Gasteiger partial charge on any atom is 0.494 e. The van der Waals surface area contributed by atoms with Crippen LogP contribution in [0.2, 0.25) is 0 Å². The molecule has 0 amide bonds. The quantitative estimate of drug-likeness (QED) is 0.140. The van der Waals surface area contributed by atoms with Crippen molar-refractivity contribution >= 4 is 18.6 Å². The molecule has 1 saturated heterocycles. The Labute approximate surface area is 243 Å². The minimum absolute atomic E-state index is 0.141. The summed E-state index contributed by atoms with van der Waals surface area (Å²) in [6, 6.07) is 40.7. The molecule has 41 heavy (non-hydrogen) atoms. The van der Waals surface area contributed by atoms with Crippen molar-refractivity contribution in [2.75, 3.05) is 6.61 Å². The Kier molecular flexibility index (Phi) is 9.04. The summed E-state index contributed by atoms with van der Waals surface area (Å²) >= 11 is 0. The molecule has 4 aromatic rings. The highest BCUT2D eigenvalue weighted by atomic mass is 16.6. The van der Waals surface area contributed by atoms with E-state index in [0.29, 0.717) is 6.42 Å². The molecular weight excluding hydrogens is 511 g/mol. The van der Waals surface area contributed by atoms with Gasteiger partial charge in [-0.2, -0.15) is 0 Å². The number of ether oxygens (including phenoxy) is 2. The summed E-state index contributed by atoms with van der Waals surface area (Å²) in [5.74, 6) is -0.289. The largest absolute Gasteiger partial charge is 0.494 e. The van der Waals surface area contributed by atoms with Gasteiger partial charge in [-0.05, 0) is 49.3 Å². The zero-order valence-electron chi connectivity index (χ0n) is 23.9. The first-order valence-electron chi connectivity index (χ1n) is 14.2. The van der Waals surface area contributed by atoms with Crippen LogP contribution >= 0.6 is 0 Å². The Morgan fingerprint density at radius 2 is 1.15 bits per heavy atom. The van der Waals surface area contributed by atoms with E-state index >= 15 is 0 Å². The van der Waals surface area contributed by atoms with Gasteiger partial charge in [-0.15, -0.1) is 0 Å². The third-order valence-electron chi connectivity index (χ3n) is 7.07. The number of carbonyl (C=O) groups excluding carboxylic acids is 1. The van der Waals surface area contributed by atoms with Crippen LogP contribution in [0.25, 0.3) is 0 Å². The molecule has 0 saturated carbocycles. The second kappa shape index (κ2) is 12.9. The van der Waals surface area contributed by atoms with Crippen molar-refractivity contribution in [1.82, 2.24) is 0 Å². The molecule has 2 atom stereocenters. The summed E-state index contributed by atoms with van der Waals surface area (Å²) < 4.78 is 25.4. The van der Waals surface area contributed by atoms with Crippen LogP contribution in [0.3, 0.4) is 0 Å². The molecule has 0 N–H and O–H groups in total. The van der Waals surface area contributed by atoms with Gasteiger partial charge in [0.15, 0.2) is 0 Å². The molecule has 1 aliphatic rings. The summed E-state index contributed by atoms with van der Waals surface area (Å²) in [4.78, 5) is 12.8. The van der Waals surface area contributed by atoms with E-state index < -0.39 is 18.3 Å². The Bertz CT molecular complexity index is 1280. The van der Waals surface area contributed by atoms with Crippen LogP contribution in [0, 0.1) is 0 Å². The van der Waals surface area contributed by atoms with Gasteiger partial charge in [0.1, 0.15) is 11.2 Å². The molecule has 5 rings (SSSR count). The van der Waals surface area contributed by atoms with Crippen molar-refractivity contribution < 1.29 is 23.6 Å². The normalized spacial score (nSPS) is 17.7. The summed E-state index contributed by atoms with van der Waals surface area (Å²) in [6.45, 7) is 5.90. The van der Waals surface area contributed by atoms with Crippen molar-refractivity contribution in [2.45, 2.75) is 57.0 Å². The highest BCUT2D eigenvalue weighted by molar-refractivity contribution is 6.61. The summed E-state index contributed by atoms with van der Waals surface area (Å²) in [6.07, 6.45) is -0.0625. The predicted molar refractivity (Wildman–Crippen MR) is 162 cm³/mol. The molecule has 1 aliphatic heterocycles. The first-order valence-corrected chi connectivity index (χ1v) is 14.2. The molecule has 0 aliphatic carbocycles. The minimum Gasteiger partial charge on any atom is -0.460 e. The van der Waals surface area contributed by atoms with Gasteiger partial charge in [0.2, 0.25) is 0 Å². The van der Waals surface area contributed by atoms with Gasteiger partial charge in [-0.3, -0.25) is 4.79 Å². The van der Waals surface area contributed by atoms with E-state index in [9.17, 15) is 4.79 Å². The van der Waals surface area contributed by atoms with E-state index in [1.807, 2.05) is 106 Å². The van der Waals surface area contributed by atoms with E-state index in [1.54, 1.807) is 0 Å². The van der Waals surface area contributed by atoms with Crippen molar-refractivity contribution in [1.29, 1.82) is 0 Å². The lowest BCUT2D eigenvalue weighted by Gasteiger charge is -2.39. The lowest BCUT2D eigenvalue weighted by molar-refractivity contribution is -0.158. The van der Waals surface area contributed by atoms with Gasteiger partial charge in [0.05, 0.1) is 25.2 Å². The lowest BCUT2D eigenvalue weighted by Crippen LogP contribution is -2.51. The highest BCUT2D eigenvalue weighted by Gasteiger charge is 2.41. The SMILES string of the molecule is CC(C)(C)OC(=O)CC1CC(COC(c2ccccc2)(c2ccccc2)c2ccccc2)OB(c2ccccc2)O1. The van der Waals surface area contributed by atoms with Crippen molar-refractivity contribution in [2.24, 2.45) is 0 Å². The van der Waals surface area contributed by atoms with Crippen molar-refractivity contribution in [3.63, 3.8) is 0 Å². The van der Waals surface area contributed by atoms with Gasteiger partial charge in [-0.1, -0.05) is 121 Å². The topological polar surface area (TPSA) is 54.0 Å². The summed E-state index contributed by atoms with van der Waals surface area (Å²) in [5, 5.41) is 0. The van der Waals surface area contributed by atoms with E-state index in [2.05, 4.69) is 36.4 Å². The standard InChI is InChI=1S/C35H37BO5/c1-34(2,3)39-33(37)25-31-24-32(41-36(40-31)30-22-14-7-15-23-30)26-38-35(27-16-8-4-9-17-27,28-18-10-5-11-19-28)29-20-12-6-13-21-29/h4-23,31-32H,24-26H2,1-3H3. The van der Waals surface area contributed by atoms with E-state index in [4.69, 9.17) is 18.8 Å². The maximum absolute atomic E-state index is 12.8. The minimum atomic E-state index is -0.867. The average Bonchev–Trinajstić information content (AvgIpc) is 2.98. The number of hydrogen-bond donors (Lipinski definition) is 0. The molecule has 4 aromatic carbocycles. The number of benzene rings is 4. The second-order valence-corrected chi connectivity index (χ2v) is 11.4. The fourth-order valence-electron chi connectivity index (χ4n) is 5.35. The maximum atomic E-state index is 12.8. The molecule has 1 heterocycles. The van der Waals surface area contributed by atoms with Crippen LogP contribution < -0.4 is 5.46 Å². The van der Waals surface area contributed by atoms with Gasteiger partial charge >= 0.3 is 13.1 Å². The monoisotopic (exact) mass is 548 g/mol. The first-order chi connectivity index (χ1) is 19.8. The molecule has 0 radical (unpaired) electrons. The third kappa shape index (κ3) is 7.15. The van der Waals surface area contributed by atoms with Crippen LogP contribution in [-0.4, -0.2) is 37.5 Å². The van der Waals surface area contributed by atoms with Gasteiger partial charge < -0.3 is 18.8 Å². The van der Waals surface area contributed by atoms with Crippen LogP contribution in [0.15, 0.2) is 121 Å². The fourth-order valence-corrected chi connectivity index (χ4v) is 5.35. The average molecular weight is 548 g/mol. The summed E-state index contributed by atoms with van der Waals surface area (Å²) in [5.41, 5.74) is 2.53. The van der Waals surface area contributed by atoms with Crippen LogP contribution in [0.1, 0.15) is 50.3 Å². The van der Waals surface area contributed by atoms with Gasteiger partial charge in [0, 0.05) is 0 Å². The third-order valence-corrected chi connectivity index (χ3v) is 7.07. The first kappa shape index (κ1) is 28.8. The van der Waals surface area contributed by atoms with E-state index in [-0.39, 0.29) is 31.2 Å². The molecule has 6 heteroatoms. The van der Waals surface area contributed by atoms with E-state index in [0.717, 1.165) is 22.2 Å². The van der Waals surface area contributed by atoms with Crippen LogP contribution in [-0.2, 0) is 29.2 Å². The Morgan fingerprint density at radius 3 is 1.61 bits per heavy atom.